The van der Waals surface area contributed by atoms with Crippen molar-refractivity contribution < 1.29 is 38.3 Å². The summed E-state index contributed by atoms with van der Waals surface area (Å²) in [6.45, 7) is 20.0. The van der Waals surface area contributed by atoms with Crippen molar-refractivity contribution in [2.24, 2.45) is 0 Å². The summed E-state index contributed by atoms with van der Waals surface area (Å²) in [5.41, 5.74) is 0. The van der Waals surface area contributed by atoms with Gasteiger partial charge in [-0.3, -0.25) is 0 Å². The monoisotopic (exact) mass is 958 g/mol. The van der Waals surface area contributed by atoms with E-state index in [2.05, 4.69) is 200 Å². The Labute approximate surface area is 387 Å². The molecular formula is C55H83FeIS-. The normalized spacial score (nSPS) is 9.29. The summed E-state index contributed by atoms with van der Waals surface area (Å²) < 4.78 is 2.96. The van der Waals surface area contributed by atoms with Crippen LogP contribution in [0, 0.1) is 36.8 Å². The quantitative estimate of drug-likeness (QED) is 0.0713. The fourth-order valence-corrected chi connectivity index (χ4v) is 8.32. The fraction of sp³-hybridized carbons (Fsp3) is 0.236. The van der Waals surface area contributed by atoms with Crippen LogP contribution in [0.4, 0.5) is 0 Å². The third-order valence-corrected chi connectivity index (χ3v) is 10.8. The van der Waals surface area contributed by atoms with Gasteiger partial charge in [-0.15, -0.1) is 0 Å². The number of hydrogen-bond acceptors (Lipinski definition) is 0. The average molecular weight is 959 g/mol. The van der Waals surface area contributed by atoms with Gasteiger partial charge >= 0.3 is 106 Å². The molecule has 0 saturated carbocycles. The third kappa shape index (κ3) is 35.8. The molecule has 7 rings (SSSR count). The van der Waals surface area contributed by atoms with Gasteiger partial charge in [-0.05, 0) is 49.2 Å². The molecule has 0 heterocycles. The van der Waals surface area contributed by atoms with Gasteiger partial charge in [-0.1, -0.05) is 180 Å². The Morgan fingerprint density at radius 1 is 0.328 bits per heavy atom. The van der Waals surface area contributed by atoms with Gasteiger partial charge in [0.2, 0.25) is 0 Å². The predicted octanol–water partition coefficient (Wildman–Crippen LogP) is 15.2. The van der Waals surface area contributed by atoms with E-state index in [0.717, 1.165) is 12.8 Å². The first-order valence-electron chi connectivity index (χ1n) is 19.2. The van der Waals surface area contributed by atoms with E-state index in [1.54, 1.807) is 0 Å². The van der Waals surface area contributed by atoms with Gasteiger partial charge in [0.1, 0.15) is 0 Å². The molecule has 0 aromatic heterocycles. The fourth-order valence-electron chi connectivity index (χ4n) is 3.94. The molecule has 2 aliphatic rings. The van der Waals surface area contributed by atoms with Crippen LogP contribution in [0.5, 0.6) is 0 Å². The summed E-state index contributed by atoms with van der Waals surface area (Å²) >= 11 is 0.0287. The maximum atomic E-state index is 2.21. The van der Waals surface area contributed by atoms with E-state index < -0.39 is 0 Å². The van der Waals surface area contributed by atoms with Gasteiger partial charge in [0.25, 0.3) is 0 Å². The molecule has 0 atom stereocenters. The molecule has 0 spiro atoms. The minimum Gasteiger partial charge on any atom is -0.0619 e. The second-order valence-corrected chi connectivity index (χ2v) is 14.2. The van der Waals surface area contributed by atoms with Crippen LogP contribution in [-0.4, -0.2) is 0 Å². The Hall–Kier alpha value is -3.34. The molecule has 0 N–H and O–H groups in total. The summed E-state index contributed by atoms with van der Waals surface area (Å²) in [4.78, 5) is 4.08. The maximum absolute atomic E-state index is 2.21. The van der Waals surface area contributed by atoms with E-state index in [1.807, 2.05) is 69.2 Å². The van der Waals surface area contributed by atoms with Crippen LogP contribution >= 0.6 is 0 Å². The molecule has 0 amide bonds. The zero-order valence-electron chi connectivity index (χ0n) is 38.1. The van der Waals surface area contributed by atoms with Crippen molar-refractivity contribution >= 4 is 10.9 Å². The molecule has 325 valence electrons. The molecule has 5 aromatic rings. The maximum Gasteiger partial charge on any atom is 0.166 e. The van der Waals surface area contributed by atoms with Crippen LogP contribution in [0.25, 0.3) is 0 Å². The first-order valence-corrected chi connectivity index (χ1v) is 22.6. The third-order valence-electron chi connectivity index (χ3n) is 5.93. The molecule has 1 radical (unpaired) electrons. The van der Waals surface area contributed by atoms with Gasteiger partial charge in [0.05, 0.1) is 10.9 Å². The molecule has 3 heteroatoms. The van der Waals surface area contributed by atoms with Crippen molar-refractivity contribution in [3.63, 3.8) is 0 Å². The van der Waals surface area contributed by atoms with Crippen molar-refractivity contribution in [3.8, 4) is 0 Å². The summed E-state index contributed by atoms with van der Waals surface area (Å²) in [6.07, 6.45) is 19.0. The second kappa shape index (κ2) is 58.0. The van der Waals surface area contributed by atoms with Crippen molar-refractivity contribution in [1.82, 2.24) is 0 Å². The van der Waals surface area contributed by atoms with Crippen molar-refractivity contribution in [2.75, 3.05) is 0 Å². The first kappa shape index (κ1) is 72.3. The van der Waals surface area contributed by atoms with E-state index in [0.29, 0.717) is 0 Å². The molecule has 0 aliphatic heterocycles. The molecule has 2 aliphatic carbocycles. The predicted molar refractivity (Wildman–Crippen MR) is 267 cm³/mol. The van der Waals surface area contributed by atoms with Crippen LogP contribution in [0.1, 0.15) is 89.5 Å². The summed E-state index contributed by atoms with van der Waals surface area (Å²) in [6, 6.07) is 53.6. The largest absolute Gasteiger partial charge is 0.166 e. The minimum atomic E-state index is -0.0146. The van der Waals surface area contributed by atoms with Crippen LogP contribution in [0.2, 0.25) is 0 Å². The molecule has 0 bridgehead atoms. The van der Waals surface area contributed by atoms with Gasteiger partial charge in [0.15, 0.2) is 14.7 Å². The number of allylic oxidation sites excluding steroid dienone is 8. The van der Waals surface area contributed by atoms with E-state index in [9.17, 15) is 0 Å². The first-order chi connectivity index (χ1) is 25.9. The SMILES string of the molecule is C.C1=CCC=C1.C1=CCC=C1.CC.CC.CC.CC.CC.[CH3-].[CH3-].[CH3-].[CH3-].[Fe+3].c1ccc([I-]c2ccccc2)cc1.c1ccc([S+](c2ccccc2)c2ccccc2)cc1. The van der Waals surface area contributed by atoms with Crippen LogP contribution < -0.4 is 21.2 Å². The molecule has 0 unspecified atom stereocenters. The van der Waals surface area contributed by atoms with Gasteiger partial charge in [-0.25, -0.2) is 0 Å². The zero-order valence-corrected chi connectivity index (χ0v) is 42.2. The molecule has 0 saturated heterocycles. The van der Waals surface area contributed by atoms with Crippen molar-refractivity contribution in [2.45, 2.75) is 104 Å². The van der Waals surface area contributed by atoms with E-state index in [4.69, 9.17) is 0 Å². The van der Waals surface area contributed by atoms with Crippen molar-refractivity contribution in [1.29, 1.82) is 0 Å². The van der Waals surface area contributed by atoms with Crippen LogP contribution in [-0.2, 0) is 28.0 Å². The topological polar surface area (TPSA) is 0 Å². The van der Waals surface area contributed by atoms with E-state index in [-0.39, 0.29) is 86.3 Å². The van der Waals surface area contributed by atoms with Crippen LogP contribution in [0.15, 0.2) is 215 Å². The number of halogens is 1. The van der Waals surface area contributed by atoms with Crippen molar-refractivity contribution in [3.05, 3.63) is 237 Å². The number of rotatable bonds is 5. The standard InChI is InChI=1S/C18H15S.C12H10I.2C5H6.5C2H6.CH4.4CH3.Fe/c1-4-10-16(11-5-1)19(17-12-6-2-7-13-17)18-14-8-3-9-15-18;1-3-7-11(8-4-1)13-12-9-5-2-6-10-12;2*1-2-4-5-3-1;5*1-2;;;;;;/h1-15H;1-10H;2*1-4H,5H2;5*1-2H3;1H4;4*1H3;/q+1;-1;;;;;;;;;4*-1;+3. The van der Waals surface area contributed by atoms with Gasteiger partial charge < -0.3 is 29.7 Å². The smallest absolute Gasteiger partial charge is 0.0619 e. The Kier molecular flexibility index (Phi) is 72.3. The van der Waals surface area contributed by atoms with Gasteiger partial charge in [0, 0.05) is 0 Å². The van der Waals surface area contributed by atoms with E-state index >= 15 is 0 Å². The minimum absolute atomic E-state index is 0. The Balaban J connectivity index is -0.0000000940. The van der Waals surface area contributed by atoms with E-state index in [1.165, 1.54) is 21.8 Å². The Bertz CT molecular complexity index is 1340. The Morgan fingerprint density at radius 3 is 0.690 bits per heavy atom. The zero-order chi connectivity index (χ0) is 38.9. The summed E-state index contributed by atoms with van der Waals surface area (Å²) in [5, 5.41) is 0. The second-order valence-electron chi connectivity index (χ2n) is 9.11. The molecular weight excluding hydrogens is 875 g/mol. The molecule has 0 fully saturated rings. The summed E-state index contributed by atoms with van der Waals surface area (Å²) in [7, 11) is -0.0146. The Morgan fingerprint density at radius 2 is 0.517 bits per heavy atom. The average Bonchev–Trinajstić information content (AvgIpc) is 4.06. The molecule has 5 aromatic carbocycles. The summed E-state index contributed by atoms with van der Waals surface area (Å²) in [5.74, 6) is 0. The van der Waals surface area contributed by atoms with Gasteiger partial charge in [-0.2, -0.15) is 0 Å². The molecule has 58 heavy (non-hydrogen) atoms. The van der Waals surface area contributed by atoms with Crippen LogP contribution in [0.3, 0.4) is 0 Å². The number of benzene rings is 5. The molecule has 0 nitrogen and oxygen atoms in total. The number of hydrogen-bond donors (Lipinski definition) is 0.